The number of nitrogens with one attached hydrogen (secondary N) is 1. The first-order valence-corrected chi connectivity index (χ1v) is 6.82. The topological polar surface area (TPSA) is 32.3 Å². The zero-order chi connectivity index (χ0) is 11.9. The Morgan fingerprint density at radius 2 is 1.82 bits per heavy atom. The Kier molecular flexibility index (Phi) is 5.02. The molecule has 0 bridgehead atoms. The molecule has 2 nitrogen and oxygen atoms in total. The van der Waals surface area contributed by atoms with Crippen LogP contribution in [0.5, 0.6) is 0 Å². The maximum atomic E-state index is 10.0. The van der Waals surface area contributed by atoms with Gasteiger partial charge in [0.1, 0.15) is 0 Å². The van der Waals surface area contributed by atoms with Gasteiger partial charge in [-0.3, -0.25) is 0 Å². The molecule has 0 aromatic heterocycles. The number of hydrogen-bond acceptors (Lipinski definition) is 2. The van der Waals surface area contributed by atoms with Crippen LogP contribution in [-0.2, 0) is 0 Å². The van der Waals surface area contributed by atoms with Gasteiger partial charge in [-0.2, -0.15) is 0 Å². The average Bonchev–Trinajstić information content (AvgIpc) is 2.41. The van der Waals surface area contributed by atoms with Gasteiger partial charge in [0.2, 0.25) is 0 Å². The Bertz CT molecular complexity index is 306. The number of aliphatic hydroxyl groups excluding tert-OH is 1. The molecule has 94 valence electrons. The van der Waals surface area contributed by atoms with Gasteiger partial charge < -0.3 is 10.4 Å². The molecule has 0 heterocycles. The lowest BCUT2D eigenvalue weighted by Gasteiger charge is -2.23. The number of hydrogen-bond donors (Lipinski definition) is 2. The minimum absolute atomic E-state index is 0.327. The van der Waals surface area contributed by atoms with Crippen LogP contribution in [0.25, 0.3) is 0 Å². The molecule has 0 radical (unpaired) electrons. The Morgan fingerprint density at radius 1 is 1.12 bits per heavy atom. The maximum Gasteiger partial charge on any atom is 0.0802 e. The molecule has 0 amide bonds. The molecule has 1 fully saturated rings. The van der Waals surface area contributed by atoms with Crippen molar-refractivity contribution in [1.29, 1.82) is 0 Å². The van der Waals surface area contributed by atoms with E-state index < -0.39 is 0 Å². The average molecular weight is 233 g/mol. The summed E-state index contributed by atoms with van der Waals surface area (Å²) in [6.45, 7) is 0.917. The summed E-state index contributed by atoms with van der Waals surface area (Å²) in [5.41, 5.74) is 1.03. The van der Waals surface area contributed by atoms with Gasteiger partial charge in [0.05, 0.1) is 6.10 Å². The number of benzene rings is 1. The van der Waals surface area contributed by atoms with E-state index in [1.807, 2.05) is 30.3 Å². The standard InChI is InChI=1S/C15H23NO/c17-15(13-7-3-1-4-8-13)11-12-16-14-9-5-2-6-10-14/h1,3-4,7-8,14-17H,2,5-6,9-12H2. The van der Waals surface area contributed by atoms with E-state index >= 15 is 0 Å². The molecule has 1 aliphatic rings. The molecule has 2 heteroatoms. The van der Waals surface area contributed by atoms with Crippen LogP contribution in [0.4, 0.5) is 0 Å². The van der Waals surface area contributed by atoms with Crippen LogP contribution >= 0.6 is 0 Å². The zero-order valence-corrected chi connectivity index (χ0v) is 10.4. The molecule has 2 rings (SSSR count). The Morgan fingerprint density at radius 3 is 2.53 bits per heavy atom. The van der Waals surface area contributed by atoms with Crippen LogP contribution in [0.1, 0.15) is 50.2 Å². The van der Waals surface area contributed by atoms with Gasteiger partial charge in [-0.25, -0.2) is 0 Å². The van der Waals surface area contributed by atoms with E-state index in [0.717, 1.165) is 18.5 Å². The summed E-state index contributed by atoms with van der Waals surface area (Å²) >= 11 is 0. The van der Waals surface area contributed by atoms with Gasteiger partial charge >= 0.3 is 0 Å². The van der Waals surface area contributed by atoms with Crippen LogP contribution in [0.3, 0.4) is 0 Å². The van der Waals surface area contributed by atoms with E-state index in [1.165, 1.54) is 32.1 Å². The zero-order valence-electron chi connectivity index (χ0n) is 10.4. The second kappa shape index (κ2) is 6.77. The van der Waals surface area contributed by atoms with E-state index in [4.69, 9.17) is 0 Å². The molecule has 1 unspecified atom stereocenters. The highest BCUT2D eigenvalue weighted by molar-refractivity contribution is 5.17. The molecule has 1 aromatic carbocycles. The first-order chi connectivity index (χ1) is 8.36. The second-order valence-electron chi connectivity index (χ2n) is 5.00. The van der Waals surface area contributed by atoms with Crippen molar-refractivity contribution in [3.8, 4) is 0 Å². The minimum atomic E-state index is -0.327. The molecule has 1 aromatic rings. The highest BCUT2D eigenvalue weighted by Gasteiger charge is 2.13. The molecular weight excluding hydrogens is 210 g/mol. The maximum absolute atomic E-state index is 10.0. The summed E-state index contributed by atoms with van der Waals surface area (Å²) in [5.74, 6) is 0. The molecular formula is C15H23NO. The summed E-state index contributed by atoms with van der Waals surface area (Å²) in [4.78, 5) is 0. The quantitative estimate of drug-likeness (QED) is 0.819. The predicted octanol–water partition coefficient (Wildman–Crippen LogP) is 3.03. The molecule has 17 heavy (non-hydrogen) atoms. The Labute approximate surface area is 104 Å². The van der Waals surface area contributed by atoms with Gasteiger partial charge in [-0.15, -0.1) is 0 Å². The highest BCUT2D eigenvalue weighted by atomic mass is 16.3. The molecule has 0 saturated heterocycles. The number of rotatable bonds is 5. The molecule has 1 saturated carbocycles. The molecule has 1 atom stereocenters. The van der Waals surface area contributed by atoms with Crippen molar-refractivity contribution >= 4 is 0 Å². The van der Waals surface area contributed by atoms with E-state index in [2.05, 4.69) is 5.32 Å². The third kappa shape index (κ3) is 4.14. The first kappa shape index (κ1) is 12.6. The van der Waals surface area contributed by atoms with Gasteiger partial charge in [0.25, 0.3) is 0 Å². The summed E-state index contributed by atoms with van der Waals surface area (Å²) in [5, 5.41) is 13.6. The smallest absolute Gasteiger partial charge is 0.0802 e. The van der Waals surface area contributed by atoms with E-state index in [-0.39, 0.29) is 6.10 Å². The lowest BCUT2D eigenvalue weighted by atomic mass is 9.95. The van der Waals surface area contributed by atoms with E-state index in [0.29, 0.717) is 6.04 Å². The normalized spacial score (nSPS) is 19.1. The fourth-order valence-electron chi connectivity index (χ4n) is 2.57. The second-order valence-corrected chi connectivity index (χ2v) is 5.00. The van der Waals surface area contributed by atoms with Crippen LogP contribution in [0.2, 0.25) is 0 Å². The van der Waals surface area contributed by atoms with Gasteiger partial charge in [0, 0.05) is 6.04 Å². The summed E-state index contributed by atoms with van der Waals surface area (Å²) in [7, 11) is 0. The van der Waals surface area contributed by atoms with Gasteiger partial charge in [-0.05, 0) is 31.4 Å². The monoisotopic (exact) mass is 233 g/mol. The molecule has 0 aliphatic heterocycles. The third-order valence-electron chi connectivity index (χ3n) is 3.64. The Balaban J connectivity index is 1.67. The summed E-state index contributed by atoms with van der Waals surface area (Å²) in [6.07, 6.45) is 7.21. The summed E-state index contributed by atoms with van der Waals surface area (Å²) in [6, 6.07) is 10.6. The predicted molar refractivity (Wildman–Crippen MR) is 70.9 cm³/mol. The number of aliphatic hydroxyl groups is 1. The first-order valence-electron chi connectivity index (χ1n) is 6.82. The highest BCUT2D eigenvalue weighted by Crippen LogP contribution is 2.19. The van der Waals surface area contributed by atoms with E-state index in [9.17, 15) is 5.11 Å². The van der Waals surface area contributed by atoms with Crippen molar-refractivity contribution in [3.05, 3.63) is 35.9 Å². The Hall–Kier alpha value is -0.860. The van der Waals surface area contributed by atoms with Crippen LogP contribution in [0, 0.1) is 0 Å². The van der Waals surface area contributed by atoms with Crippen LogP contribution in [0.15, 0.2) is 30.3 Å². The molecule has 1 aliphatic carbocycles. The van der Waals surface area contributed by atoms with Crippen molar-refractivity contribution in [3.63, 3.8) is 0 Å². The van der Waals surface area contributed by atoms with Gasteiger partial charge in [-0.1, -0.05) is 49.6 Å². The summed E-state index contributed by atoms with van der Waals surface area (Å²) < 4.78 is 0. The van der Waals surface area contributed by atoms with Crippen molar-refractivity contribution in [1.82, 2.24) is 5.32 Å². The van der Waals surface area contributed by atoms with Crippen molar-refractivity contribution in [2.75, 3.05) is 6.54 Å². The molecule has 0 spiro atoms. The van der Waals surface area contributed by atoms with Crippen LogP contribution < -0.4 is 5.32 Å². The fourth-order valence-corrected chi connectivity index (χ4v) is 2.57. The SMILES string of the molecule is OC(CCNC1CCCCC1)c1ccccc1. The van der Waals surface area contributed by atoms with Crippen molar-refractivity contribution < 1.29 is 5.11 Å². The third-order valence-corrected chi connectivity index (χ3v) is 3.64. The molecule has 2 N–H and O–H groups in total. The minimum Gasteiger partial charge on any atom is -0.388 e. The lowest BCUT2D eigenvalue weighted by molar-refractivity contribution is 0.164. The lowest BCUT2D eigenvalue weighted by Crippen LogP contribution is -2.32. The van der Waals surface area contributed by atoms with Crippen LogP contribution in [-0.4, -0.2) is 17.7 Å². The largest absolute Gasteiger partial charge is 0.388 e. The van der Waals surface area contributed by atoms with Crippen molar-refractivity contribution in [2.45, 2.75) is 50.7 Å². The van der Waals surface area contributed by atoms with Crippen molar-refractivity contribution in [2.24, 2.45) is 0 Å². The van der Waals surface area contributed by atoms with E-state index in [1.54, 1.807) is 0 Å². The fraction of sp³-hybridized carbons (Fsp3) is 0.600. The van der Waals surface area contributed by atoms with Gasteiger partial charge in [0.15, 0.2) is 0 Å².